The van der Waals surface area contributed by atoms with E-state index in [4.69, 9.17) is 16.3 Å². The number of nitrogens with zero attached hydrogens (tertiary/aromatic N) is 3. The lowest BCUT2D eigenvalue weighted by Gasteiger charge is -2.32. The maximum atomic E-state index is 13.6. The fraction of sp³-hybridized carbons (Fsp3) is 0.360. The molecule has 5 rings (SSSR count). The lowest BCUT2D eigenvalue weighted by atomic mass is 9.98. The molecule has 166 valence electrons. The molecule has 6 nitrogen and oxygen atoms in total. The number of halogens is 1. The molecule has 1 fully saturated rings. The highest BCUT2D eigenvalue weighted by Crippen LogP contribution is 2.34. The lowest BCUT2D eigenvalue weighted by molar-refractivity contribution is -0.138. The van der Waals surface area contributed by atoms with Crippen molar-refractivity contribution in [3.05, 3.63) is 75.9 Å². The van der Waals surface area contributed by atoms with Crippen LogP contribution < -0.4 is 0 Å². The molecule has 0 aromatic heterocycles. The summed E-state index contributed by atoms with van der Waals surface area (Å²) in [6.07, 6.45) is 0.850. The van der Waals surface area contributed by atoms with E-state index in [0.29, 0.717) is 55.7 Å². The monoisotopic (exact) mass is 451 g/mol. The molecule has 0 saturated carbocycles. The summed E-state index contributed by atoms with van der Waals surface area (Å²) >= 11 is 6.08. The average molecular weight is 452 g/mol. The number of carbonyl (C=O) groups is 2. The van der Waals surface area contributed by atoms with Crippen LogP contribution in [-0.4, -0.2) is 72.5 Å². The first-order valence-electron chi connectivity index (χ1n) is 11.1. The van der Waals surface area contributed by atoms with Crippen molar-refractivity contribution >= 4 is 29.0 Å². The van der Waals surface area contributed by atoms with Gasteiger partial charge in [-0.05, 0) is 35.2 Å². The van der Waals surface area contributed by atoms with Crippen LogP contribution in [0.4, 0.5) is 0 Å². The Kier molecular flexibility index (Phi) is 6.00. The summed E-state index contributed by atoms with van der Waals surface area (Å²) in [5, 5.41) is 0.601. The third-order valence-corrected chi connectivity index (χ3v) is 6.72. The predicted molar refractivity (Wildman–Crippen MR) is 123 cm³/mol. The number of hydrogen-bond donors (Lipinski definition) is 0. The van der Waals surface area contributed by atoms with E-state index in [1.54, 1.807) is 12.1 Å². The Labute approximate surface area is 193 Å². The molecule has 0 N–H and O–H groups in total. The minimum Gasteiger partial charge on any atom is -0.379 e. The summed E-state index contributed by atoms with van der Waals surface area (Å²) < 4.78 is 5.41. The second-order valence-corrected chi connectivity index (χ2v) is 8.82. The SMILES string of the molecule is O=C1C(c2ccc(Cl)cc2)=C(N2CCc3ccccc3C2)C(=O)N1CCN1CCOCC1. The quantitative estimate of drug-likeness (QED) is 0.654. The van der Waals surface area contributed by atoms with E-state index in [0.717, 1.165) is 25.1 Å². The average Bonchev–Trinajstić information content (AvgIpc) is 3.08. The number of amides is 2. The zero-order valence-corrected chi connectivity index (χ0v) is 18.7. The van der Waals surface area contributed by atoms with Gasteiger partial charge in [-0.1, -0.05) is 48.0 Å². The Hall–Kier alpha value is -2.67. The van der Waals surface area contributed by atoms with E-state index in [1.165, 1.54) is 16.0 Å². The Morgan fingerprint density at radius 3 is 2.31 bits per heavy atom. The molecule has 32 heavy (non-hydrogen) atoms. The molecule has 0 radical (unpaired) electrons. The van der Waals surface area contributed by atoms with Crippen LogP contribution in [0.2, 0.25) is 5.02 Å². The molecular formula is C25H26ClN3O3. The summed E-state index contributed by atoms with van der Waals surface area (Å²) in [5.41, 5.74) is 4.23. The van der Waals surface area contributed by atoms with Gasteiger partial charge in [0.25, 0.3) is 11.8 Å². The van der Waals surface area contributed by atoms with Crippen LogP contribution in [-0.2, 0) is 27.3 Å². The second kappa shape index (κ2) is 9.06. The van der Waals surface area contributed by atoms with Crippen molar-refractivity contribution in [1.82, 2.24) is 14.7 Å². The molecule has 2 amide bonds. The number of morpholine rings is 1. The molecule has 2 aromatic rings. The number of benzene rings is 2. The van der Waals surface area contributed by atoms with Gasteiger partial charge in [0.15, 0.2) is 0 Å². The first-order valence-corrected chi connectivity index (χ1v) is 11.5. The molecule has 3 aliphatic heterocycles. The van der Waals surface area contributed by atoms with E-state index >= 15 is 0 Å². The van der Waals surface area contributed by atoms with Crippen LogP contribution in [0.1, 0.15) is 16.7 Å². The summed E-state index contributed by atoms with van der Waals surface area (Å²) in [6, 6.07) is 15.5. The fourth-order valence-electron chi connectivity index (χ4n) is 4.69. The van der Waals surface area contributed by atoms with Crippen molar-refractivity contribution in [2.24, 2.45) is 0 Å². The third-order valence-electron chi connectivity index (χ3n) is 6.47. The van der Waals surface area contributed by atoms with Gasteiger partial charge in [0.2, 0.25) is 0 Å². The zero-order chi connectivity index (χ0) is 22.1. The van der Waals surface area contributed by atoms with Gasteiger partial charge in [0.1, 0.15) is 5.70 Å². The van der Waals surface area contributed by atoms with Crippen molar-refractivity contribution in [3.63, 3.8) is 0 Å². The maximum Gasteiger partial charge on any atom is 0.277 e. The standard InChI is InChI=1S/C25H26ClN3O3/c26-21-7-5-19(6-8-21)22-23(28-10-9-18-3-1-2-4-20(18)17-28)25(31)29(24(22)30)12-11-27-13-15-32-16-14-27/h1-8H,9-17H2. The van der Waals surface area contributed by atoms with Crippen LogP contribution in [0.25, 0.3) is 5.57 Å². The normalized spacial score (nSPS) is 19.7. The predicted octanol–water partition coefficient (Wildman–Crippen LogP) is 2.81. The van der Waals surface area contributed by atoms with E-state index in [-0.39, 0.29) is 11.8 Å². The highest BCUT2D eigenvalue weighted by atomic mass is 35.5. The van der Waals surface area contributed by atoms with Gasteiger partial charge in [-0.15, -0.1) is 0 Å². The molecule has 1 saturated heterocycles. The Morgan fingerprint density at radius 1 is 0.844 bits per heavy atom. The van der Waals surface area contributed by atoms with Crippen LogP contribution in [0.3, 0.4) is 0 Å². The van der Waals surface area contributed by atoms with Crippen molar-refractivity contribution in [3.8, 4) is 0 Å². The first kappa shape index (κ1) is 21.2. The molecule has 0 aliphatic carbocycles. The highest BCUT2D eigenvalue weighted by Gasteiger charge is 2.42. The first-order chi connectivity index (χ1) is 15.6. The summed E-state index contributed by atoms with van der Waals surface area (Å²) in [7, 11) is 0. The van der Waals surface area contributed by atoms with E-state index in [9.17, 15) is 9.59 Å². The highest BCUT2D eigenvalue weighted by molar-refractivity contribution is 6.36. The summed E-state index contributed by atoms with van der Waals surface area (Å²) in [4.78, 5) is 32.8. The van der Waals surface area contributed by atoms with Crippen LogP contribution >= 0.6 is 11.6 Å². The van der Waals surface area contributed by atoms with E-state index in [1.807, 2.05) is 24.3 Å². The molecule has 0 unspecified atom stereocenters. The summed E-state index contributed by atoms with van der Waals surface area (Å²) in [5.74, 6) is -0.424. The number of imide groups is 1. The minimum atomic E-state index is -0.223. The largest absolute Gasteiger partial charge is 0.379 e. The van der Waals surface area contributed by atoms with Gasteiger partial charge in [-0.2, -0.15) is 0 Å². The van der Waals surface area contributed by atoms with E-state index in [2.05, 4.69) is 21.9 Å². The van der Waals surface area contributed by atoms with Crippen LogP contribution in [0.15, 0.2) is 54.2 Å². The Morgan fingerprint density at radius 2 is 1.56 bits per heavy atom. The number of fused-ring (bicyclic) bond motifs is 1. The second-order valence-electron chi connectivity index (χ2n) is 8.39. The number of hydrogen-bond acceptors (Lipinski definition) is 5. The molecule has 0 atom stereocenters. The number of ether oxygens (including phenoxy) is 1. The molecule has 0 spiro atoms. The van der Waals surface area contributed by atoms with Crippen molar-refractivity contribution in [2.75, 3.05) is 45.9 Å². The molecule has 0 bridgehead atoms. The Bertz CT molecular complexity index is 1060. The van der Waals surface area contributed by atoms with Gasteiger partial charge in [0.05, 0.1) is 18.8 Å². The van der Waals surface area contributed by atoms with Crippen LogP contribution in [0.5, 0.6) is 0 Å². The molecule has 2 aromatic carbocycles. The molecule has 7 heteroatoms. The van der Waals surface area contributed by atoms with Gasteiger partial charge < -0.3 is 9.64 Å². The van der Waals surface area contributed by atoms with Gasteiger partial charge in [0, 0.05) is 44.3 Å². The number of carbonyl (C=O) groups excluding carboxylic acids is 2. The van der Waals surface area contributed by atoms with E-state index < -0.39 is 0 Å². The third kappa shape index (κ3) is 4.06. The van der Waals surface area contributed by atoms with Gasteiger partial charge in [-0.3, -0.25) is 19.4 Å². The molecular weight excluding hydrogens is 426 g/mol. The number of rotatable bonds is 5. The smallest absolute Gasteiger partial charge is 0.277 e. The molecule has 3 heterocycles. The minimum absolute atomic E-state index is 0.201. The molecule has 3 aliphatic rings. The van der Waals surface area contributed by atoms with Gasteiger partial charge in [-0.25, -0.2) is 0 Å². The zero-order valence-electron chi connectivity index (χ0n) is 17.9. The summed E-state index contributed by atoms with van der Waals surface area (Å²) in [6.45, 7) is 5.39. The maximum absolute atomic E-state index is 13.6. The van der Waals surface area contributed by atoms with Crippen molar-refractivity contribution < 1.29 is 14.3 Å². The van der Waals surface area contributed by atoms with Crippen LogP contribution in [0, 0.1) is 0 Å². The van der Waals surface area contributed by atoms with Gasteiger partial charge >= 0.3 is 0 Å². The Balaban J connectivity index is 1.45. The van der Waals surface area contributed by atoms with Crippen molar-refractivity contribution in [1.29, 1.82) is 0 Å². The fourth-order valence-corrected chi connectivity index (χ4v) is 4.82. The lowest BCUT2D eigenvalue weighted by Crippen LogP contribution is -2.44. The topological polar surface area (TPSA) is 53.1 Å². The van der Waals surface area contributed by atoms with Crippen molar-refractivity contribution in [2.45, 2.75) is 13.0 Å².